The first-order chi connectivity index (χ1) is 8.90. The smallest absolute Gasteiger partial charge is 0.0478 e. The summed E-state index contributed by atoms with van der Waals surface area (Å²) in [6, 6.07) is 10.2. The van der Waals surface area contributed by atoms with E-state index < -0.39 is 0 Å². The Morgan fingerprint density at radius 3 is 2.67 bits per heavy atom. The number of aryl methyl sites for hydroxylation is 1. The number of benzene rings is 1. The molecule has 1 saturated heterocycles. The number of rotatable bonds is 2. The minimum atomic E-state index is 0.516. The molecule has 1 fully saturated rings. The van der Waals surface area contributed by atoms with Crippen LogP contribution < -0.4 is 5.32 Å². The van der Waals surface area contributed by atoms with Crippen LogP contribution >= 0.6 is 0 Å². The minimum Gasteiger partial charge on any atom is -0.312 e. The molecule has 0 spiro atoms. The van der Waals surface area contributed by atoms with E-state index in [2.05, 4.69) is 41.5 Å². The van der Waals surface area contributed by atoms with E-state index in [-0.39, 0.29) is 0 Å². The van der Waals surface area contributed by atoms with E-state index in [0.717, 1.165) is 0 Å². The van der Waals surface area contributed by atoms with Gasteiger partial charge in [-0.3, -0.25) is 4.90 Å². The molecule has 1 N–H and O–H groups in total. The lowest BCUT2D eigenvalue weighted by Gasteiger charge is -2.34. The predicted octanol–water partition coefficient (Wildman–Crippen LogP) is 2.75. The molecular weight excluding hydrogens is 220 g/mol. The standard InChI is InChI=1S/C16H24N2/c1-17-16-14-9-3-2-7-13(14)8-6-10-15(16)18-11-4-5-12-18/h2-3,7,9,15-17H,4-6,8,10-12H2,1H3/t15-,16-/m0/s1. The van der Waals surface area contributed by atoms with Crippen LogP contribution in [0.2, 0.25) is 0 Å². The van der Waals surface area contributed by atoms with Gasteiger partial charge in [0.15, 0.2) is 0 Å². The van der Waals surface area contributed by atoms with Gasteiger partial charge in [-0.2, -0.15) is 0 Å². The molecule has 0 aromatic heterocycles. The third-order valence-electron chi connectivity index (χ3n) is 4.64. The molecule has 98 valence electrons. The Balaban J connectivity index is 1.91. The van der Waals surface area contributed by atoms with Gasteiger partial charge in [-0.15, -0.1) is 0 Å². The average Bonchev–Trinajstić information content (AvgIpc) is 2.86. The Bertz CT molecular complexity index is 396. The number of nitrogens with one attached hydrogen (secondary N) is 1. The number of nitrogens with zero attached hydrogens (tertiary/aromatic N) is 1. The summed E-state index contributed by atoms with van der Waals surface area (Å²) in [7, 11) is 2.12. The maximum atomic E-state index is 3.59. The number of hydrogen-bond acceptors (Lipinski definition) is 2. The van der Waals surface area contributed by atoms with E-state index in [1.54, 1.807) is 5.56 Å². The van der Waals surface area contributed by atoms with Gasteiger partial charge in [0, 0.05) is 12.1 Å². The van der Waals surface area contributed by atoms with Gasteiger partial charge in [0.2, 0.25) is 0 Å². The van der Waals surface area contributed by atoms with Crippen molar-refractivity contribution in [1.82, 2.24) is 10.2 Å². The Hall–Kier alpha value is -0.860. The summed E-state index contributed by atoms with van der Waals surface area (Å²) in [6.45, 7) is 2.59. The highest BCUT2D eigenvalue weighted by Crippen LogP contribution is 2.33. The third kappa shape index (κ3) is 2.19. The van der Waals surface area contributed by atoms with Gasteiger partial charge >= 0.3 is 0 Å². The van der Waals surface area contributed by atoms with Gasteiger partial charge in [0.05, 0.1) is 0 Å². The lowest BCUT2D eigenvalue weighted by Crippen LogP contribution is -2.42. The van der Waals surface area contributed by atoms with Crippen molar-refractivity contribution < 1.29 is 0 Å². The van der Waals surface area contributed by atoms with E-state index in [4.69, 9.17) is 0 Å². The fourth-order valence-electron chi connectivity index (χ4n) is 3.76. The van der Waals surface area contributed by atoms with Crippen molar-refractivity contribution in [3.05, 3.63) is 35.4 Å². The highest BCUT2D eigenvalue weighted by Gasteiger charge is 2.31. The van der Waals surface area contributed by atoms with Crippen LogP contribution in [0, 0.1) is 0 Å². The summed E-state index contributed by atoms with van der Waals surface area (Å²) in [5.41, 5.74) is 3.09. The summed E-state index contributed by atoms with van der Waals surface area (Å²) in [5, 5.41) is 3.59. The molecule has 1 aliphatic carbocycles. The Labute approximate surface area is 110 Å². The van der Waals surface area contributed by atoms with Gasteiger partial charge in [0.1, 0.15) is 0 Å². The first-order valence-corrected chi connectivity index (χ1v) is 7.39. The van der Waals surface area contributed by atoms with Crippen LogP contribution in [-0.2, 0) is 6.42 Å². The normalized spacial score (nSPS) is 28.9. The van der Waals surface area contributed by atoms with Gasteiger partial charge in [0.25, 0.3) is 0 Å². The summed E-state index contributed by atoms with van der Waals surface area (Å²) in [6.07, 6.45) is 6.68. The van der Waals surface area contributed by atoms with Crippen LogP contribution in [0.25, 0.3) is 0 Å². The second-order valence-electron chi connectivity index (χ2n) is 5.67. The van der Waals surface area contributed by atoms with Crippen molar-refractivity contribution in [2.75, 3.05) is 20.1 Å². The van der Waals surface area contributed by atoms with Gasteiger partial charge < -0.3 is 5.32 Å². The molecule has 0 radical (unpaired) electrons. The van der Waals surface area contributed by atoms with E-state index in [1.807, 2.05) is 0 Å². The highest BCUT2D eigenvalue weighted by molar-refractivity contribution is 5.32. The predicted molar refractivity (Wildman–Crippen MR) is 75.8 cm³/mol. The quantitative estimate of drug-likeness (QED) is 0.805. The molecule has 0 amide bonds. The van der Waals surface area contributed by atoms with E-state index in [9.17, 15) is 0 Å². The molecule has 2 aliphatic rings. The molecule has 2 heteroatoms. The van der Waals surface area contributed by atoms with E-state index >= 15 is 0 Å². The van der Waals surface area contributed by atoms with Crippen molar-refractivity contribution in [3.8, 4) is 0 Å². The molecule has 2 nitrogen and oxygen atoms in total. The second kappa shape index (κ2) is 5.41. The lowest BCUT2D eigenvalue weighted by atomic mass is 9.95. The average molecular weight is 244 g/mol. The lowest BCUT2D eigenvalue weighted by molar-refractivity contribution is 0.186. The Morgan fingerprint density at radius 2 is 1.89 bits per heavy atom. The van der Waals surface area contributed by atoms with Crippen molar-refractivity contribution >= 4 is 0 Å². The summed E-state index contributed by atoms with van der Waals surface area (Å²) in [5.74, 6) is 0. The molecule has 2 atom stereocenters. The molecule has 1 aliphatic heterocycles. The maximum Gasteiger partial charge on any atom is 0.0478 e. The van der Waals surface area contributed by atoms with Crippen molar-refractivity contribution in [2.24, 2.45) is 0 Å². The first kappa shape index (κ1) is 12.2. The van der Waals surface area contributed by atoms with Crippen LogP contribution in [-0.4, -0.2) is 31.1 Å². The van der Waals surface area contributed by atoms with Crippen LogP contribution in [0.1, 0.15) is 42.9 Å². The summed E-state index contributed by atoms with van der Waals surface area (Å²) in [4.78, 5) is 2.71. The number of likely N-dealkylation sites (N-methyl/N-ethyl adjacent to an activating group) is 1. The number of likely N-dealkylation sites (tertiary alicyclic amines) is 1. The largest absolute Gasteiger partial charge is 0.312 e. The SMILES string of the molecule is CN[C@H]1c2ccccc2CCC[C@@H]1N1CCCC1. The van der Waals surface area contributed by atoms with Crippen molar-refractivity contribution in [2.45, 2.75) is 44.2 Å². The highest BCUT2D eigenvalue weighted by atomic mass is 15.2. The summed E-state index contributed by atoms with van der Waals surface area (Å²) < 4.78 is 0. The summed E-state index contributed by atoms with van der Waals surface area (Å²) >= 11 is 0. The zero-order valence-corrected chi connectivity index (χ0v) is 11.4. The number of fused-ring (bicyclic) bond motifs is 1. The Kier molecular flexibility index (Phi) is 3.67. The fraction of sp³-hybridized carbons (Fsp3) is 0.625. The molecular formula is C16H24N2. The molecule has 1 aromatic carbocycles. The van der Waals surface area contributed by atoms with Crippen molar-refractivity contribution in [1.29, 1.82) is 0 Å². The van der Waals surface area contributed by atoms with Gasteiger partial charge in [-0.25, -0.2) is 0 Å². The van der Waals surface area contributed by atoms with E-state index in [0.29, 0.717) is 12.1 Å². The van der Waals surface area contributed by atoms with Gasteiger partial charge in [-0.1, -0.05) is 24.3 Å². The molecule has 0 bridgehead atoms. The van der Waals surface area contributed by atoms with Crippen LogP contribution in [0.5, 0.6) is 0 Å². The topological polar surface area (TPSA) is 15.3 Å². The molecule has 1 heterocycles. The van der Waals surface area contributed by atoms with Crippen molar-refractivity contribution in [3.63, 3.8) is 0 Å². The molecule has 18 heavy (non-hydrogen) atoms. The molecule has 1 aromatic rings. The molecule has 3 rings (SSSR count). The van der Waals surface area contributed by atoms with Crippen LogP contribution in [0.15, 0.2) is 24.3 Å². The Morgan fingerprint density at radius 1 is 1.11 bits per heavy atom. The third-order valence-corrected chi connectivity index (χ3v) is 4.64. The van der Waals surface area contributed by atoms with Gasteiger partial charge in [-0.05, 0) is 63.4 Å². The minimum absolute atomic E-state index is 0.516. The molecule has 0 unspecified atom stereocenters. The zero-order valence-electron chi connectivity index (χ0n) is 11.4. The zero-order chi connectivity index (χ0) is 12.4. The first-order valence-electron chi connectivity index (χ1n) is 7.39. The van der Waals surface area contributed by atoms with Crippen LogP contribution in [0.4, 0.5) is 0 Å². The fourth-order valence-corrected chi connectivity index (χ4v) is 3.76. The number of hydrogen-bond donors (Lipinski definition) is 1. The van der Waals surface area contributed by atoms with Crippen LogP contribution in [0.3, 0.4) is 0 Å². The molecule has 0 saturated carbocycles. The maximum absolute atomic E-state index is 3.59. The van der Waals surface area contributed by atoms with E-state index in [1.165, 1.54) is 50.8 Å². The monoisotopic (exact) mass is 244 g/mol. The second-order valence-corrected chi connectivity index (χ2v) is 5.67.